The fraction of sp³-hybridized carbons (Fsp3) is 0. The second-order valence-corrected chi connectivity index (χ2v) is 0. The molecule has 1 atom stereocenters. The van der Waals surface area contributed by atoms with Crippen molar-refractivity contribution in [2.45, 2.75) is 0 Å². The largest absolute Gasteiger partial charge is 0.344 e. The molecule has 0 aromatic heterocycles. The zero-order chi connectivity index (χ0) is 0. The molecule has 0 amide bonds. The van der Waals surface area contributed by atoms with E-state index in [2.05, 4.69) is 0 Å². The molecule has 0 bridgehead atoms. The Morgan fingerprint density at radius 2 is 1.00 bits per heavy atom. The molecule has 0 aromatic rings. The van der Waals surface area contributed by atoms with Crippen LogP contribution >= 0.6 is 9.90 Å². The first-order valence-electron chi connectivity index (χ1n) is 0. The molecule has 0 saturated carbocycles. The molecule has 4 heavy (non-hydrogen) atoms. The van der Waals surface area contributed by atoms with Crippen molar-refractivity contribution in [1.82, 2.24) is 6.15 Å². The summed E-state index contributed by atoms with van der Waals surface area (Å²) in [5.74, 6) is 0. The molecule has 0 spiro atoms. The SMILES string of the molecule is N.P.[B].[Fe]. The first-order chi connectivity index (χ1) is 0. The maximum atomic E-state index is 0. The molecule has 0 aliphatic carbocycles. The molecule has 4 heteroatoms. The Morgan fingerprint density at radius 1 is 1.00 bits per heavy atom. The summed E-state index contributed by atoms with van der Waals surface area (Å²) in [6.45, 7) is 0. The zero-order valence-electron chi connectivity index (χ0n) is 2.35. The minimum atomic E-state index is 0. The minimum Gasteiger partial charge on any atom is -0.344 e. The Morgan fingerprint density at radius 3 is 1.00 bits per heavy atom. The summed E-state index contributed by atoms with van der Waals surface area (Å²) < 4.78 is 0. The monoisotopic (exact) mass is 118 g/mol. The van der Waals surface area contributed by atoms with Gasteiger partial charge in [-0.25, -0.2) is 0 Å². The molecule has 1 unspecified atom stereocenters. The average Bonchev–Trinajstić information content (AvgIpc) is 0. The summed E-state index contributed by atoms with van der Waals surface area (Å²) in [7, 11) is 0. The van der Waals surface area contributed by atoms with Gasteiger partial charge in [-0.05, 0) is 0 Å². The van der Waals surface area contributed by atoms with E-state index in [4.69, 9.17) is 0 Å². The standard InChI is InChI=1S/B.Fe.H3N.H3P/h;;2*1H3. The molecule has 0 fully saturated rings. The molecule has 0 aliphatic heterocycles. The van der Waals surface area contributed by atoms with Gasteiger partial charge in [0.15, 0.2) is 0 Å². The van der Waals surface area contributed by atoms with Crippen molar-refractivity contribution in [2.24, 2.45) is 0 Å². The second kappa shape index (κ2) is 37.0. The van der Waals surface area contributed by atoms with Gasteiger partial charge in [0.1, 0.15) is 0 Å². The van der Waals surface area contributed by atoms with Crippen LogP contribution in [0.1, 0.15) is 0 Å². The summed E-state index contributed by atoms with van der Waals surface area (Å²) in [6.07, 6.45) is 0. The third kappa shape index (κ3) is 12.2. The summed E-state index contributed by atoms with van der Waals surface area (Å²) in [4.78, 5) is 0. The fourth-order valence-electron chi connectivity index (χ4n) is 0. The van der Waals surface area contributed by atoms with Crippen LogP contribution in [0.3, 0.4) is 0 Å². The van der Waals surface area contributed by atoms with Crippen molar-refractivity contribution in [3.63, 3.8) is 0 Å². The van der Waals surface area contributed by atoms with Gasteiger partial charge in [-0.3, -0.25) is 0 Å². The molecule has 3 radical (unpaired) electrons. The Hall–Kier alpha value is 0.974. The maximum Gasteiger partial charge on any atom is 0 e. The van der Waals surface area contributed by atoms with Crippen LogP contribution in [0.4, 0.5) is 0 Å². The van der Waals surface area contributed by atoms with Crippen molar-refractivity contribution in [3.8, 4) is 0 Å². The van der Waals surface area contributed by atoms with E-state index in [9.17, 15) is 0 Å². The molecule has 0 heterocycles. The van der Waals surface area contributed by atoms with Crippen LogP contribution in [0.25, 0.3) is 0 Å². The minimum absolute atomic E-state index is 0. The number of hydrogen-bond acceptors (Lipinski definition) is 1. The molecule has 1 nitrogen and oxygen atoms in total. The van der Waals surface area contributed by atoms with Gasteiger partial charge >= 0.3 is 0 Å². The van der Waals surface area contributed by atoms with Gasteiger partial charge in [0.25, 0.3) is 0 Å². The normalized spacial score (nSPS) is 0. The van der Waals surface area contributed by atoms with Gasteiger partial charge in [-0.1, -0.05) is 0 Å². The predicted molar refractivity (Wildman–Crippen MR) is 21.9 cm³/mol. The molecule has 0 aromatic carbocycles. The van der Waals surface area contributed by atoms with Gasteiger partial charge in [0.05, 0.1) is 0 Å². The third-order valence-corrected chi connectivity index (χ3v) is 0. The van der Waals surface area contributed by atoms with Crippen LogP contribution < -0.4 is 6.15 Å². The van der Waals surface area contributed by atoms with Crippen LogP contribution in [0, 0.1) is 0 Å². The Labute approximate surface area is 42.2 Å². The molecule has 0 aliphatic rings. The summed E-state index contributed by atoms with van der Waals surface area (Å²) >= 11 is 0. The molecule has 0 rings (SSSR count). The third-order valence-electron chi connectivity index (χ3n) is 0. The van der Waals surface area contributed by atoms with Crippen molar-refractivity contribution < 1.29 is 17.1 Å². The molecular formula is H6BFeNP. The van der Waals surface area contributed by atoms with E-state index in [0.29, 0.717) is 0 Å². The van der Waals surface area contributed by atoms with Gasteiger partial charge in [0.2, 0.25) is 0 Å². The van der Waals surface area contributed by atoms with Crippen molar-refractivity contribution >= 4 is 18.3 Å². The number of hydrogen-bond donors (Lipinski definition) is 1. The molecular weight excluding hydrogens is 112 g/mol. The molecule has 0 saturated heterocycles. The second-order valence-electron chi connectivity index (χ2n) is 0. The first-order valence-corrected chi connectivity index (χ1v) is 0. The fourth-order valence-corrected chi connectivity index (χ4v) is 0. The van der Waals surface area contributed by atoms with E-state index in [1.165, 1.54) is 0 Å². The Balaban J connectivity index is 0. The van der Waals surface area contributed by atoms with E-state index < -0.39 is 0 Å². The summed E-state index contributed by atoms with van der Waals surface area (Å²) in [5.41, 5.74) is 0. The van der Waals surface area contributed by atoms with Gasteiger partial charge in [-0.15, -0.1) is 0 Å². The van der Waals surface area contributed by atoms with Gasteiger partial charge in [0, 0.05) is 25.5 Å². The average molecular weight is 118 g/mol. The van der Waals surface area contributed by atoms with Crippen LogP contribution in [0.15, 0.2) is 0 Å². The van der Waals surface area contributed by atoms with E-state index in [0.717, 1.165) is 0 Å². The van der Waals surface area contributed by atoms with E-state index in [1.54, 1.807) is 0 Å². The first kappa shape index (κ1) is 82.8. The van der Waals surface area contributed by atoms with Crippen LogP contribution in [0.5, 0.6) is 0 Å². The van der Waals surface area contributed by atoms with Crippen molar-refractivity contribution in [3.05, 3.63) is 0 Å². The smallest absolute Gasteiger partial charge is 0 e. The maximum absolute atomic E-state index is 0. The van der Waals surface area contributed by atoms with Gasteiger partial charge < -0.3 is 6.15 Å². The van der Waals surface area contributed by atoms with Gasteiger partial charge in [-0.2, -0.15) is 9.90 Å². The van der Waals surface area contributed by atoms with Crippen LogP contribution in [0.2, 0.25) is 0 Å². The van der Waals surface area contributed by atoms with Crippen molar-refractivity contribution in [2.75, 3.05) is 0 Å². The van der Waals surface area contributed by atoms with E-state index >= 15 is 0 Å². The van der Waals surface area contributed by atoms with E-state index in [-0.39, 0.29) is 41.5 Å². The number of rotatable bonds is 0. The zero-order valence-corrected chi connectivity index (χ0v) is 4.86. The van der Waals surface area contributed by atoms with Crippen LogP contribution in [-0.2, 0) is 17.1 Å². The quantitative estimate of drug-likeness (QED) is 0.347. The summed E-state index contributed by atoms with van der Waals surface area (Å²) in [6, 6.07) is 0. The topological polar surface area (TPSA) is 35.0 Å². The predicted octanol–water partition coefficient (Wildman–Crippen LogP) is -0.163. The Bertz CT molecular complexity index is 8.00. The summed E-state index contributed by atoms with van der Waals surface area (Å²) in [5, 5.41) is 0. The van der Waals surface area contributed by atoms with Crippen LogP contribution in [-0.4, -0.2) is 8.41 Å². The molecule has 3 N–H and O–H groups in total. The Kier molecular flexibility index (Phi) is 766. The van der Waals surface area contributed by atoms with Crippen molar-refractivity contribution in [1.29, 1.82) is 0 Å². The molecule has 27 valence electrons. The van der Waals surface area contributed by atoms with E-state index in [1.807, 2.05) is 0 Å².